The maximum Gasteiger partial charge on any atom is 0.262 e. The van der Waals surface area contributed by atoms with Crippen LogP contribution in [0, 0.1) is 0 Å². The Hall–Kier alpha value is -4.46. The van der Waals surface area contributed by atoms with Crippen molar-refractivity contribution in [2.45, 2.75) is 19.4 Å². The number of phenolic OH excluding ortho intramolecular Hbond substituents is 2. The van der Waals surface area contributed by atoms with Crippen LogP contribution in [0.1, 0.15) is 28.8 Å². The number of carbonyl (C=O) groups excluding carboxylic acids is 1. The lowest BCUT2D eigenvalue weighted by atomic mass is 10.1. The van der Waals surface area contributed by atoms with Crippen LogP contribution >= 0.6 is 0 Å². The van der Waals surface area contributed by atoms with E-state index in [1.165, 1.54) is 25.0 Å². The minimum Gasteiger partial charge on any atom is -0.508 e. The fourth-order valence-corrected chi connectivity index (χ4v) is 4.21. The molecule has 1 fully saturated rings. The van der Waals surface area contributed by atoms with Gasteiger partial charge in [0.1, 0.15) is 11.5 Å². The number of anilines is 2. The van der Waals surface area contributed by atoms with Crippen molar-refractivity contribution in [2.24, 2.45) is 0 Å². The number of rotatable bonds is 6. The van der Waals surface area contributed by atoms with Crippen LogP contribution in [-0.2, 0) is 6.54 Å². The number of benzene rings is 2. The first-order chi connectivity index (χ1) is 17.1. The van der Waals surface area contributed by atoms with Crippen LogP contribution in [0.3, 0.4) is 0 Å². The summed E-state index contributed by atoms with van der Waals surface area (Å²) in [5, 5.41) is 28.7. The van der Waals surface area contributed by atoms with E-state index >= 15 is 0 Å². The summed E-state index contributed by atoms with van der Waals surface area (Å²) in [4.78, 5) is 21.4. The van der Waals surface area contributed by atoms with E-state index in [0.29, 0.717) is 5.69 Å². The largest absolute Gasteiger partial charge is 0.508 e. The van der Waals surface area contributed by atoms with Gasteiger partial charge in [0.2, 0.25) is 0 Å². The Labute approximate surface area is 203 Å². The summed E-state index contributed by atoms with van der Waals surface area (Å²) >= 11 is 0. The van der Waals surface area contributed by atoms with E-state index in [2.05, 4.69) is 20.1 Å². The summed E-state index contributed by atoms with van der Waals surface area (Å²) in [6.07, 6.45) is 5.73. The standard InChI is InChI=1S/C27H25N5O3/c33-22-9-10-23(25(34)16-22)27(35)32(18-19-4-3-13-28-17-19)21-7-5-20(6-8-21)24-11-12-26(30-29-24)31-14-1-2-15-31/h3-13,16-17,33-34H,1-2,14-15,18H2. The molecule has 0 bridgehead atoms. The first kappa shape index (κ1) is 22.3. The summed E-state index contributed by atoms with van der Waals surface area (Å²) in [7, 11) is 0. The first-order valence-electron chi connectivity index (χ1n) is 11.5. The van der Waals surface area contributed by atoms with Crippen molar-refractivity contribution >= 4 is 17.4 Å². The van der Waals surface area contributed by atoms with Crippen LogP contribution in [0.5, 0.6) is 11.5 Å². The molecule has 1 saturated heterocycles. The van der Waals surface area contributed by atoms with Crippen LogP contribution in [-0.4, -0.2) is 44.4 Å². The fraction of sp³-hybridized carbons (Fsp3) is 0.185. The topological polar surface area (TPSA) is 103 Å². The van der Waals surface area contributed by atoms with Gasteiger partial charge in [0.05, 0.1) is 17.8 Å². The highest BCUT2D eigenvalue weighted by Crippen LogP contribution is 2.29. The quantitative estimate of drug-likeness (QED) is 0.433. The molecule has 2 N–H and O–H groups in total. The van der Waals surface area contributed by atoms with Gasteiger partial charge in [0.15, 0.2) is 5.82 Å². The van der Waals surface area contributed by atoms with Gasteiger partial charge in [-0.1, -0.05) is 18.2 Å². The third-order valence-electron chi connectivity index (χ3n) is 6.08. The highest BCUT2D eigenvalue weighted by atomic mass is 16.3. The average molecular weight is 468 g/mol. The summed E-state index contributed by atoms with van der Waals surface area (Å²) in [6, 6.07) is 19.1. The Morgan fingerprint density at radius 1 is 0.943 bits per heavy atom. The molecule has 0 radical (unpaired) electrons. The number of aromatic nitrogens is 3. The SMILES string of the molecule is O=C(c1ccc(O)cc1O)N(Cc1cccnc1)c1ccc(-c2ccc(N3CCCC3)nn2)cc1. The molecule has 0 aliphatic carbocycles. The smallest absolute Gasteiger partial charge is 0.262 e. The maximum absolute atomic E-state index is 13.4. The van der Waals surface area contributed by atoms with Gasteiger partial charge >= 0.3 is 0 Å². The lowest BCUT2D eigenvalue weighted by Crippen LogP contribution is -2.30. The lowest BCUT2D eigenvalue weighted by molar-refractivity contribution is 0.0982. The van der Waals surface area contributed by atoms with Crippen molar-refractivity contribution in [2.75, 3.05) is 22.9 Å². The Morgan fingerprint density at radius 3 is 2.40 bits per heavy atom. The van der Waals surface area contributed by atoms with Crippen molar-refractivity contribution < 1.29 is 15.0 Å². The van der Waals surface area contributed by atoms with E-state index < -0.39 is 5.91 Å². The average Bonchev–Trinajstić information content (AvgIpc) is 3.43. The molecule has 0 spiro atoms. The van der Waals surface area contributed by atoms with E-state index in [-0.39, 0.29) is 23.6 Å². The third-order valence-corrected chi connectivity index (χ3v) is 6.08. The molecule has 35 heavy (non-hydrogen) atoms. The van der Waals surface area contributed by atoms with Crippen molar-refractivity contribution in [3.8, 4) is 22.8 Å². The number of aromatic hydroxyl groups is 2. The first-order valence-corrected chi connectivity index (χ1v) is 11.5. The van der Waals surface area contributed by atoms with E-state index in [1.807, 2.05) is 48.5 Å². The third kappa shape index (κ3) is 4.91. The maximum atomic E-state index is 13.4. The Morgan fingerprint density at radius 2 is 1.74 bits per heavy atom. The molecule has 2 aromatic heterocycles. The summed E-state index contributed by atoms with van der Waals surface area (Å²) in [5.74, 6) is 0.105. The normalized spacial score (nSPS) is 13.1. The van der Waals surface area contributed by atoms with E-state index in [4.69, 9.17) is 0 Å². The number of nitrogens with zero attached hydrogens (tertiary/aromatic N) is 5. The van der Waals surface area contributed by atoms with Gasteiger partial charge in [-0.3, -0.25) is 9.78 Å². The van der Waals surface area contributed by atoms with Crippen LogP contribution in [0.25, 0.3) is 11.3 Å². The number of hydrogen-bond donors (Lipinski definition) is 2. The van der Waals surface area contributed by atoms with Crippen molar-refractivity contribution in [1.82, 2.24) is 15.2 Å². The van der Waals surface area contributed by atoms with Crippen LogP contribution in [0.4, 0.5) is 11.5 Å². The minimum atomic E-state index is -0.395. The second-order valence-corrected chi connectivity index (χ2v) is 8.47. The second-order valence-electron chi connectivity index (χ2n) is 8.47. The van der Waals surface area contributed by atoms with Crippen LogP contribution in [0.2, 0.25) is 0 Å². The predicted molar refractivity (Wildman–Crippen MR) is 133 cm³/mol. The molecular weight excluding hydrogens is 442 g/mol. The van der Waals surface area contributed by atoms with Gasteiger partial charge in [0, 0.05) is 42.8 Å². The molecule has 8 nitrogen and oxygen atoms in total. The van der Waals surface area contributed by atoms with E-state index in [0.717, 1.165) is 41.8 Å². The van der Waals surface area contributed by atoms with Gasteiger partial charge in [0.25, 0.3) is 5.91 Å². The molecule has 0 atom stereocenters. The van der Waals surface area contributed by atoms with Gasteiger partial charge in [-0.25, -0.2) is 0 Å². The zero-order chi connectivity index (χ0) is 24.2. The molecule has 5 rings (SSSR count). The predicted octanol–water partition coefficient (Wildman–Crippen LogP) is 4.40. The molecule has 1 aliphatic rings. The van der Waals surface area contributed by atoms with Crippen molar-refractivity contribution in [3.63, 3.8) is 0 Å². The highest BCUT2D eigenvalue weighted by Gasteiger charge is 2.22. The van der Waals surface area contributed by atoms with Gasteiger partial charge < -0.3 is 20.0 Å². The number of carbonyl (C=O) groups is 1. The van der Waals surface area contributed by atoms with Crippen LogP contribution in [0.15, 0.2) is 79.1 Å². The number of phenols is 2. The van der Waals surface area contributed by atoms with Crippen LogP contribution < -0.4 is 9.80 Å². The molecule has 1 aliphatic heterocycles. The summed E-state index contributed by atoms with van der Waals surface area (Å²) in [5.41, 5.74) is 3.22. The highest BCUT2D eigenvalue weighted by molar-refractivity contribution is 6.08. The number of hydrogen-bond acceptors (Lipinski definition) is 7. The fourth-order valence-electron chi connectivity index (χ4n) is 4.21. The minimum absolute atomic E-state index is 0.0964. The van der Waals surface area contributed by atoms with Crippen molar-refractivity contribution in [1.29, 1.82) is 0 Å². The van der Waals surface area contributed by atoms with E-state index in [1.54, 1.807) is 17.3 Å². The molecule has 1 amide bonds. The van der Waals surface area contributed by atoms with Gasteiger partial charge in [-0.05, 0) is 60.9 Å². The monoisotopic (exact) mass is 467 g/mol. The molecule has 0 unspecified atom stereocenters. The second kappa shape index (κ2) is 9.80. The lowest BCUT2D eigenvalue weighted by Gasteiger charge is -2.24. The molecular formula is C27H25N5O3. The number of amides is 1. The van der Waals surface area contributed by atoms with Crippen molar-refractivity contribution in [3.05, 3.63) is 90.3 Å². The molecule has 176 valence electrons. The summed E-state index contributed by atoms with van der Waals surface area (Å²) < 4.78 is 0. The molecule has 4 aromatic rings. The Kier molecular flexibility index (Phi) is 6.26. The van der Waals surface area contributed by atoms with Gasteiger partial charge in [-0.15, -0.1) is 10.2 Å². The Balaban J connectivity index is 1.42. The molecule has 2 aromatic carbocycles. The molecule has 8 heteroatoms. The number of pyridine rings is 1. The Bertz CT molecular complexity index is 1310. The summed E-state index contributed by atoms with van der Waals surface area (Å²) in [6.45, 7) is 2.29. The zero-order valence-corrected chi connectivity index (χ0v) is 19.1. The molecule has 3 heterocycles. The van der Waals surface area contributed by atoms with Gasteiger partial charge in [-0.2, -0.15) is 0 Å². The zero-order valence-electron chi connectivity index (χ0n) is 19.1. The molecule has 0 saturated carbocycles. The van der Waals surface area contributed by atoms with E-state index in [9.17, 15) is 15.0 Å².